The number of nitrogens with zero attached hydrogens (tertiary/aromatic N) is 1. The Morgan fingerprint density at radius 2 is 1.93 bits per heavy atom. The van der Waals surface area contributed by atoms with Gasteiger partial charge in [-0.1, -0.05) is 38.1 Å². The standard InChI is InChI=1S/C12H15N.C2H6/c1-4-7-11-8-6-9-13-12(11)10(3)5-2;1-2/h4-9H,1-3H3;1-2H3/b7-4-,10-5-;. The SMILES string of the molecule is C/C=C\c1cccnc1/C(C)=C\C.CC. The molecule has 0 radical (unpaired) electrons. The molecule has 82 valence electrons. The van der Waals surface area contributed by atoms with Gasteiger partial charge in [0.1, 0.15) is 0 Å². The minimum Gasteiger partial charge on any atom is -0.256 e. The van der Waals surface area contributed by atoms with Crippen molar-refractivity contribution in [1.29, 1.82) is 0 Å². The average Bonchev–Trinajstić information content (AvgIpc) is 2.32. The molecule has 0 saturated carbocycles. The van der Waals surface area contributed by atoms with Crippen LogP contribution in [0.25, 0.3) is 11.6 Å². The van der Waals surface area contributed by atoms with E-state index >= 15 is 0 Å². The topological polar surface area (TPSA) is 12.9 Å². The van der Waals surface area contributed by atoms with Crippen LogP contribution < -0.4 is 0 Å². The Morgan fingerprint density at radius 3 is 2.47 bits per heavy atom. The molecule has 0 atom stereocenters. The highest BCUT2D eigenvalue weighted by molar-refractivity contribution is 5.69. The summed E-state index contributed by atoms with van der Waals surface area (Å²) in [6.45, 7) is 10.1. The fourth-order valence-electron chi connectivity index (χ4n) is 1.20. The van der Waals surface area contributed by atoms with Gasteiger partial charge >= 0.3 is 0 Å². The number of aromatic nitrogens is 1. The predicted molar refractivity (Wildman–Crippen MR) is 69.6 cm³/mol. The molecule has 0 spiro atoms. The predicted octanol–water partition coefficient (Wildman–Crippen LogP) is 4.56. The third-order valence-electron chi connectivity index (χ3n) is 1.99. The lowest BCUT2D eigenvalue weighted by molar-refractivity contribution is 1.25. The minimum absolute atomic E-state index is 1.07. The van der Waals surface area contributed by atoms with Crippen LogP contribution in [0.3, 0.4) is 0 Å². The summed E-state index contributed by atoms with van der Waals surface area (Å²) < 4.78 is 0. The highest BCUT2D eigenvalue weighted by Gasteiger charge is 2.00. The first kappa shape index (κ1) is 13.6. The van der Waals surface area contributed by atoms with Gasteiger partial charge in [-0.3, -0.25) is 4.98 Å². The van der Waals surface area contributed by atoms with E-state index in [1.54, 1.807) is 0 Å². The number of hydrogen-bond donors (Lipinski definition) is 0. The highest BCUT2D eigenvalue weighted by Crippen LogP contribution is 2.16. The first-order valence-corrected chi connectivity index (χ1v) is 5.50. The van der Waals surface area contributed by atoms with Gasteiger partial charge in [0.05, 0.1) is 5.69 Å². The van der Waals surface area contributed by atoms with Crippen LogP contribution in [0.4, 0.5) is 0 Å². The van der Waals surface area contributed by atoms with Crippen LogP contribution in [0.2, 0.25) is 0 Å². The molecule has 0 aliphatic heterocycles. The first-order valence-electron chi connectivity index (χ1n) is 5.50. The molecular weight excluding hydrogens is 182 g/mol. The second-order valence-electron chi connectivity index (χ2n) is 2.91. The van der Waals surface area contributed by atoms with E-state index in [0.29, 0.717) is 0 Å². The lowest BCUT2D eigenvalue weighted by Crippen LogP contribution is -1.89. The molecule has 1 heteroatoms. The highest BCUT2D eigenvalue weighted by atomic mass is 14.7. The van der Waals surface area contributed by atoms with Crippen molar-refractivity contribution >= 4 is 11.6 Å². The Bertz CT molecular complexity index is 335. The maximum Gasteiger partial charge on any atom is 0.0727 e. The Hall–Kier alpha value is -1.37. The van der Waals surface area contributed by atoms with Crippen molar-refractivity contribution in [2.75, 3.05) is 0 Å². The van der Waals surface area contributed by atoms with Gasteiger partial charge in [-0.25, -0.2) is 0 Å². The lowest BCUT2D eigenvalue weighted by Gasteiger charge is -2.03. The Kier molecular flexibility index (Phi) is 7.25. The molecule has 0 amide bonds. The van der Waals surface area contributed by atoms with Crippen molar-refractivity contribution in [2.45, 2.75) is 34.6 Å². The molecule has 1 aromatic heterocycles. The quantitative estimate of drug-likeness (QED) is 0.686. The molecule has 0 aliphatic carbocycles. The Labute approximate surface area is 93.6 Å². The normalized spacial score (nSPS) is 11.1. The van der Waals surface area contributed by atoms with Crippen molar-refractivity contribution in [1.82, 2.24) is 4.98 Å². The van der Waals surface area contributed by atoms with Crippen LogP contribution in [0.1, 0.15) is 45.9 Å². The second-order valence-corrected chi connectivity index (χ2v) is 2.91. The molecule has 0 unspecified atom stereocenters. The third kappa shape index (κ3) is 4.11. The second kappa shape index (κ2) is 7.98. The maximum absolute atomic E-state index is 4.35. The van der Waals surface area contributed by atoms with E-state index in [-0.39, 0.29) is 0 Å². The molecule has 0 aliphatic rings. The lowest BCUT2D eigenvalue weighted by atomic mass is 10.1. The van der Waals surface area contributed by atoms with E-state index in [1.165, 1.54) is 11.1 Å². The number of hydrogen-bond acceptors (Lipinski definition) is 1. The molecule has 0 fully saturated rings. The molecule has 0 saturated heterocycles. The number of rotatable bonds is 2. The van der Waals surface area contributed by atoms with Gasteiger partial charge in [0, 0.05) is 11.8 Å². The summed E-state index contributed by atoms with van der Waals surface area (Å²) in [5.74, 6) is 0. The largest absolute Gasteiger partial charge is 0.256 e. The maximum atomic E-state index is 4.35. The van der Waals surface area contributed by atoms with Crippen LogP contribution in [0, 0.1) is 0 Å². The zero-order valence-corrected chi connectivity index (χ0v) is 10.4. The van der Waals surface area contributed by atoms with Crippen molar-refractivity contribution in [2.24, 2.45) is 0 Å². The molecule has 1 aromatic rings. The summed E-state index contributed by atoms with van der Waals surface area (Å²) in [5.41, 5.74) is 3.47. The average molecular weight is 203 g/mol. The summed E-state index contributed by atoms with van der Waals surface area (Å²) in [6.07, 6.45) is 8.02. The van der Waals surface area contributed by atoms with Crippen molar-refractivity contribution in [3.05, 3.63) is 41.7 Å². The van der Waals surface area contributed by atoms with Crippen LogP contribution in [0.5, 0.6) is 0 Å². The van der Waals surface area contributed by atoms with Crippen molar-refractivity contribution in [3.63, 3.8) is 0 Å². The molecule has 0 bridgehead atoms. The van der Waals surface area contributed by atoms with Crippen molar-refractivity contribution < 1.29 is 0 Å². The molecule has 0 N–H and O–H groups in total. The van der Waals surface area contributed by atoms with E-state index < -0.39 is 0 Å². The summed E-state index contributed by atoms with van der Waals surface area (Å²) in [5, 5.41) is 0. The van der Waals surface area contributed by atoms with E-state index in [1.807, 2.05) is 46.0 Å². The summed E-state index contributed by atoms with van der Waals surface area (Å²) >= 11 is 0. The molecule has 0 aromatic carbocycles. The van der Waals surface area contributed by atoms with E-state index in [4.69, 9.17) is 0 Å². The summed E-state index contributed by atoms with van der Waals surface area (Å²) in [6, 6.07) is 4.04. The van der Waals surface area contributed by atoms with Gasteiger partial charge in [0.15, 0.2) is 0 Å². The van der Waals surface area contributed by atoms with Crippen LogP contribution in [-0.4, -0.2) is 4.98 Å². The van der Waals surface area contributed by atoms with Gasteiger partial charge in [-0.05, 0) is 32.4 Å². The minimum atomic E-state index is 1.07. The monoisotopic (exact) mass is 203 g/mol. The molecular formula is C14H21N. The van der Waals surface area contributed by atoms with Crippen LogP contribution in [0.15, 0.2) is 30.5 Å². The van der Waals surface area contributed by atoms with Gasteiger partial charge in [0.2, 0.25) is 0 Å². The third-order valence-corrected chi connectivity index (χ3v) is 1.99. The number of pyridine rings is 1. The molecule has 1 heterocycles. The van der Waals surface area contributed by atoms with Gasteiger partial charge in [0.25, 0.3) is 0 Å². The molecule has 1 nitrogen and oxygen atoms in total. The van der Waals surface area contributed by atoms with Crippen molar-refractivity contribution in [3.8, 4) is 0 Å². The van der Waals surface area contributed by atoms with E-state index in [2.05, 4.69) is 30.1 Å². The molecule has 15 heavy (non-hydrogen) atoms. The van der Waals surface area contributed by atoms with Crippen LogP contribution >= 0.6 is 0 Å². The smallest absolute Gasteiger partial charge is 0.0727 e. The van der Waals surface area contributed by atoms with Gasteiger partial charge < -0.3 is 0 Å². The zero-order valence-electron chi connectivity index (χ0n) is 10.4. The Morgan fingerprint density at radius 1 is 1.27 bits per heavy atom. The zero-order chi connectivity index (χ0) is 11.7. The fraction of sp³-hybridized carbons (Fsp3) is 0.357. The van der Waals surface area contributed by atoms with Gasteiger partial charge in [-0.2, -0.15) is 0 Å². The fourth-order valence-corrected chi connectivity index (χ4v) is 1.20. The summed E-state index contributed by atoms with van der Waals surface area (Å²) in [4.78, 5) is 4.35. The van der Waals surface area contributed by atoms with E-state index in [9.17, 15) is 0 Å². The van der Waals surface area contributed by atoms with E-state index in [0.717, 1.165) is 5.69 Å². The number of allylic oxidation sites excluding steroid dienone is 3. The first-order chi connectivity index (χ1) is 7.29. The molecule has 1 rings (SSSR count). The van der Waals surface area contributed by atoms with Crippen LogP contribution in [-0.2, 0) is 0 Å². The van der Waals surface area contributed by atoms with Gasteiger partial charge in [-0.15, -0.1) is 0 Å². The Balaban J connectivity index is 0.000000921. The summed E-state index contributed by atoms with van der Waals surface area (Å²) in [7, 11) is 0.